The summed E-state index contributed by atoms with van der Waals surface area (Å²) in [6.07, 6.45) is 1.42. The van der Waals surface area contributed by atoms with Crippen molar-refractivity contribution in [1.82, 2.24) is 9.59 Å². The maximum absolute atomic E-state index is 11.8. The maximum atomic E-state index is 11.8. The predicted octanol–water partition coefficient (Wildman–Crippen LogP) is 1.44. The van der Waals surface area contributed by atoms with Crippen molar-refractivity contribution in [3.8, 4) is 11.8 Å². The molecule has 2 aromatic rings. The lowest BCUT2D eigenvalue weighted by Crippen LogP contribution is -2.10. The van der Waals surface area contributed by atoms with Gasteiger partial charge in [-0.3, -0.25) is 4.79 Å². The van der Waals surface area contributed by atoms with Crippen molar-refractivity contribution < 1.29 is 9.90 Å². The smallest absolute Gasteiger partial charge is 0.269 e. The van der Waals surface area contributed by atoms with Crippen LogP contribution in [0.25, 0.3) is 0 Å². The molecule has 0 aliphatic heterocycles. The quantitative estimate of drug-likeness (QED) is 0.812. The van der Waals surface area contributed by atoms with E-state index in [1.54, 1.807) is 12.1 Å². The predicted molar refractivity (Wildman–Crippen MR) is 73.0 cm³/mol. The molecule has 0 aliphatic carbocycles. The summed E-state index contributed by atoms with van der Waals surface area (Å²) in [6, 6.07) is 5.43. The van der Waals surface area contributed by atoms with E-state index in [0.29, 0.717) is 10.6 Å². The van der Waals surface area contributed by atoms with Crippen molar-refractivity contribution in [1.29, 1.82) is 0 Å². The minimum absolute atomic E-state index is 0.192. The van der Waals surface area contributed by atoms with Gasteiger partial charge in [-0.25, -0.2) is 0 Å². The van der Waals surface area contributed by atoms with Gasteiger partial charge in [-0.1, -0.05) is 22.4 Å². The fourth-order valence-electron chi connectivity index (χ4n) is 1.43. The second-order valence-electron chi connectivity index (χ2n) is 3.73. The van der Waals surface area contributed by atoms with Gasteiger partial charge >= 0.3 is 0 Å². The third-order valence-electron chi connectivity index (χ3n) is 2.38. The molecule has 0 spiro atoms. The number of carbonyl (C=O) groups excluding carboxylic acids is 1. The topological polar surface area (TPSA) is 75.1 Å². The molecule has 1 aromatic carbocycles. The molecule has 0 saturated heterocycles. The van der Waals surface area contributed by atoms with Crippen LogP contribution in [-0.2, 0) is 0 Å². The van der Waals surface area contributed by atoms with E-state index in [4.69, 9.17) is 5.11 Å². The van der Waals surface area contributed by atoms with Crippen LogP contribution in [0.4, 0.5) is 5.69 Å². The molecule has 1 aromatic heterocycles. The number of aromatic nitrogens is 2. The Hall–Kier alpha value is -2.23. The standard InChI is InChI=1S/C13H11N3O2S/c1-9-4-5-11(7-10(9)3-2-6-17)15-13(18)12-8-14-16-19-12/h4-5,7-8,17H,6H2,1H3,(H,15,18). The zero-order chi connectivity index (χ0) is 13.7. The van der Waals surface area contributed by atoms with Gasteiger partial charge in [0.15, 0.2) is 0 Å². The van der Waals surface area contributed by atoms with Crippen molar-refractivity contribution in [2.75, 3.05) is 11.9 Å². The summed E-state index contributed by atoms with van der Waals surface area (Å²) in [7, 11) is 0. The van der Waals surface area contributed by atoms with E-state index in [9.17, 15) is 4.79 Å². The fraction of sp³-hybridized carbons (Fsp3) is 0.154. The Morgan fingerprint density at radius 2 is 2.37 bits per heavy atom. The van der Waals surface area contributed by atoms with E-state index >= 15 is 0 Å². The van der Waals surface area contributed by atoms with E-state index in [-0.39, 0.29) is 12.5 Å². The first kappa shape index (κ1) is 13.2. The summed E-state index contributed by atoms with van der Waals surface area (Å²) >= 11 is 1.04. The highest BCUT2D eigenvalue weighted by molar-refractivity contribution is 7.07. The molecule has 2 rings (SSSR count). The van der Waals surface area contributed by atoms with Crippen LogP contribution in [-0.4, -0.2) is 27.2 Å². The zero-order valence-electron chi connectivity index (χ0n) is 10.2. The molecule has 0 unspecified atom stereocenters. The van der Waals surface area contributed by atoms with E-state index in [1.807, 2.05) is 13.0 Å². The van der Waals surface area contributed by atoms with Crippen molar-refractivity contribution in [2.24, 2.45) is 0 Å². The van der Waals surface area contributed by atoms with Crippen LogP contribution in [0.15, 0.2) is 24.4 Å². The molecule has 0 fully saturated rings. The molecule has 5 nitrogen and oxygen atoms in total. The average Bonchev–Trinajstić information content (AvgIpc) is 2.93. The number of hydrogen-bond acceptors (Lipinski definition) is 5. The molecule has 96 valence electrons. The monoisotopic (exact) mass is 273 g/mol. The highest BCUT2D eigenvalue weighted by Crippen LogP contribution is 2.16. The number of rotatable bonds is 2. The van der Waals surface area contributed by atoms with Crippen LogP contribution in [0, 0.1) is 18.8 Å². The second-order valence-corrected chi connectivity index (χ2v) is 4.51. The normalized spacial score (nSPS) is 9.58. The summed E-state index contributed by atoms with van der Waals surface area (Å²) in [5, 5.41) is 15.1. The molecule has 0 atom stereocenters. The molecule has 19 heavy (non-hydrogen) atoms. The van der Waals surface area contributed by atoms with Gasteiger partial charge in [0.2, 0.25) is 0 Å². The molecule has 0 bridgehead atoms. The van der Waals surface area contributed by atoms with Gasteiger partial charge in [0, 0.05) is 11.3 Å². The van der Waals surface area contributed by atoms with Gasteiger partial charge in [-0.2, -0.15) is 0 Å². The lowest BCUT2D eigenvalue weighted by molar-refractivity contribution is 0.103. The van der Waals surface area contributed by atoms with E-state index in [1.165, 1.54) is 6.20 Å². The minimum Gasteiger partial charge on any atom is -0.384 e. The van der Waals surface area contributed by atoms with Crippen molar-refractivity contribution in [2.45, 2.75) is 6.92 Å². The van der Waals surface area contributed by atoms with Gasteiger partial charge < -0.3 is 10.4 Å². The Bertz CT molecular complexity index is 642. The number of aryl methyl sites for hydroxylation is 1. The number of amides is 1. The summed E-state index contributed by atoms with van der Waals surface area (Å²) < 4.78 is 3.64. The fourth-order valence-corrected chi connectivity index (χ4v) is 1.84. The van der Waals surface area contributed by atoms with Crippen LogP contribution in [0.5, 0.6) is 0 Å². The SMILES string of the molecule is Cc1ccc(NC(=O)c2cnns2)cc1C#CCO. The maximum Gasteiger partial charge on any atom is 0.269 e. The van der Waals surface area contributed by atoms with E-state index in [0.717, 1.165) is 22.7 Å². The van der Waals surface area contributed by atoms with Crippen molar-refractivity contribution in [3.05, 3.63) is 40.4 Å². The number of hydrogen-bond donors (Lipinski definition) is 2. The molecule has 6 heteroatoms. The molecule has 0 saturated carbocycles. The Morgan fingerprint density at radius 1 is 1.53 bits per heavy atom. The first-order valence-corrected chi connectivity index (χ1v) is 6.27. The Balaban J connectivity index is 2.19. The Morgan fingerprint density at radius 3 is 3.05 bits per heavy atom. The highest BCUT2D eigenvalue weighted by atomic mass is 32.1. The number of aliphatic hydroxyl groups is 1. The van der Waals surface area contributed by atoms with Crippen LogP contribution >= 0.6 is 11.5 Å². The molecule has 0 aliphatic rings. The number of aliphatic hydroxyl groups excluding tert-OH is 1. The lowest BCUT2D eigenvalue weighted by atomic mass is 10.1. The summed E-state index contributed by atoms with van der Waals surface area (Å²) in [5.41, 5.74) is 2.40. The summed E-state index contributed by atoms with van der Waals surface area (Å²) in [5.74, 6) is 5.18. The van der Waals surface area contributed by atoms with Crippen molar-refractivity contribution >= 4 is 23.1 Å². The summed E-state index contributed by atoms with van der Waals surface area (Å²) in [6.45, 7) is 1.72. The van der Waals surface area contributed by atoms with Crippen LogP contribution < -0.4 is 5.32 Å². The summed E-state index contributed by atoms with van der Waals surface area (Å²) in [4.78, 5) is 12.3. The lowest BCUT2D eigenvalue weighted by Gasteiger charge is -2.05. The molecule has 0 radical (unpaired) electrons. The first-order valence-electron chi connectivity index (χ1n) is 5.50. The largest absolute Gasteiger partial charge is 0.384 e. The van der Waals surface area contributed by atoms with Crippen LogP contribution in [0.2, 0.25) is 0 Å². The molecule has 2 N–H and O–H groups in total. The average molecular weight is 273 g/mol. The Labute approximate surface area is 114 Å². The van der Waals surface area contributed by atoms with Gasteiger partial charge in [0.25, 0.3) is 5.91 Å². The van der Waals surface area contributed by atoms with Crippen LogP contribution in [0.3, 0.4) is 0 Å². The van der Waals surface area contributed by atoms with E-state index in [2.05, 4.69) is 26.7 Å². The number of anilines is 1. The second kappa shape index (κ2) is 6.09. The van der Waals surface area contributed by atoms with Gasteiger partial charge in [0.1, 0.15) is 11.5 Å². The van der Waals surface area contributed by atoms with Gasteiger partial charge in [0.05, 0.1) is 6.20 Å². The van der Waals surface area contributed by atoms with Gasteiger partial charge in [-0.05, 0) is 36.2 Å². The van der Waals surface area contributed by atoms with E-state index < -0.39 is 0 Å². The minimum atomic E-state index is -0.250. The number of carbonyl (C=O) groups is 1. The Kier molecular flexibility index (Phi) is 4.23. The third-order valence-corrected chi connectivity index (χ3v) is 3.05. The molecule has 1 amide bonds. The highest BCUT2D eigenvalue weighted by Gasteiger charge is 2.09. The molecular formula is C13H11N3O2S. The van der Waals surface area contributed by atoms with Crippen LogP contribution in [0.1, 0.15) is 20.8 Å². The zero-order valence-corrected chi connectivity index (χ0v) is 11.0. The number of benzene rings is 1. The van der Waals surface area contributed by atoms with Crippen molar-refractivity contribution in [3.63, 3.8) is 0 Å². The van der Waals surface area contributed by atoms with Gasteiger partial charge in [-0.15, -0.1) is 5.10 Å². The third kappa shape index (κ3) is 3.37. The number of nitrogens with zero attached hydrogens (tertiary/aromatic N) is 2. The first-order chi connectivity index (χ1) is 9.20. The molecule has 1 heterocycles. The molecular weight excluding hydrogens is 262 g/mol. The number of nitrogens with one attached hydrogen (secondary N) is 1.